The predicted molar refractivity (Wildman–Crippen MR) is 71.7 cm³/mol. The minimum Gasteiger partial charge on any atom is -0.355 e. The zero-order chi connectivity index (χ0) is 14.0. The summed E-state index contributed by atoms with van der Waals surface area (Å²) >= 11 is 0. The average molecular weight is 276 g/mol. The molecule has 0 saturated heterocycles. The average Bonchev–Trinajstić information content (AvgIpc) is 2.04. The van der Waals surface area contributed by atoms with Gasteiger partial charge in [-0.1, -0.05) is 6.42 Å². The first-order valence-corrected chi connectivity index (χ1v) is 8.23. The van der Waals surface area contributed by atoms with Crippen LogP contribution in [-0.4, -0.2) is 43.5 Å². The quantitative estimate of drug-likeness (QED) is 0.813. The lowest BCUT2D eigenvalue weighted by Crippen LogP contribution is -2.49. The SMILES string of the molecule is CC(C)(C)N(CCNC(=O)C1CCC1)S(C)(=O)=O. The Hall–Kier alpha value is -0.620. The van der Waals surface area contributed by atoms with Crippen molar-refractivity contribution in [3.63, 3.8) is 0 Å². The number of carbonyl (C=O) groups is 1. The second-order valence-electron chi connectivity index (χ2n) is 5.92. The molecule has 106 valence electrons. The molecule has 0 heterocycles. The highest BCUT2D eigenvalue weighted by Gasteiger charge is 2.30. The maximum absolute atomic E-state index is 11.7. The van der Waals surface area contributed by atoms with Crippen LogP contribution in [0.1, 0.15) is 40.0 Å². The van der Waals surface area contributed by atoms with Crippen molar-refractivity contribution in [1.29, 1.82) is 0 Å². The fraction of sp³-hybridized carbons (Fsp3) is 0.917. The van der Waals surface area contributed by atoms with Gasteiger partial charge in [-0.25, -0.2) is 8.42 Å². The lowest BCUT2D eigenvalue weighted by atomic mass is 9.85. The van der Waals surface area contributed by atoms with Crippen molar-refractivity contribution in [1.82, 2.24) is 9.62 Å². The molecule has 0 radical (unpaired) electrons. The Morgan fingerprint density at radius 2 is 1.89 bits per heavy atom. The summed E-state index contributed by atoms with van der Waals surface area (Å²) in [5.74, 6) is 0.204. The van der Waals surface area contributed by atoms with Crippen LogP contribution in [0.5, 0.6) is 0 Å². The van der Waals surface area contributed by atoms with Crippen LogP contribution in [0.15, 0.2) is 0 Å². The lowest BCUT2D eigenvalue weighted by molar-refractivity contribution is -0.127. The number of amides is 1. The molecule has 1 saturated carbocycles. The van der Waals surface area contributed by atoms with Gasteiger partial charge in [-0.05, 0) is 33.6 Å². The van der Waals surface area contributed by atoms with E-state index in [0.717, 1.165) is 19.3 Å². The summed E-state index contributed by atoms with van der Waals surface area (Å²) in [4.78, 5) is 11.6. The summed E-state index contributed by atoms with van der Waals surface area (Å²) in [6, 6.07) is 0. The van der Waals surface area contributed by atoms with Gasteiger partial charge in [0.25, 0.3) is 0 Å². The molecule has 0 aromatic heterocycles. The van der Waals surface area contributed by atoms with Crippen molar-refractivity contribution in [3.05, 3.63) is 0 Å². The van der Waals surface area contributed by atoms with Gasteiger partial charge in [0.2, 0.25) is 15.9 Å². The summed E-state index contributed by atoms with van der Waals surface area (Å²) in [5, 5.41) is 2.81. The molecule has 1 fully saturated rings. The number of carbonyl (C=O) groups excluding carboxylic acids is 1. The van der Waals surface area contributed by atoms with Gasteiger partial charge in [-0.2, -0.15) is 4.31 Å². The van der Waals surface area contributed by atoms with Crippen molar-refractivity contribution < 1.29 is 13.2 Å². The van der Waals surface area contributed by atoms with E-state index < -0.39 is 15.6 Å². The van der Waals surface area contributed by atoms with E-state index in [2.05, 4.69) is 5.32 Å². The molecule has 6 heteroatoms. The van der Waals surface area contributed by atoms with E-state index in [-0.39, 0.29) is 11.8 Å². The predicted octanol–water partition coefficient (Wildman–Crippen LogP) is 0.963. The first-order valence-electron chi connectivity index (χ1n) is 6.38. The number of nitrogens with zero attached hydrogens (tertiary/aromatic N) is 1. The smallest absolute Gasteiger partial charge is 0.223 e. The molecule has 0 spiro atoms. The van der Waals surface area contributed by atoms with Gasteiger partial charge < -0.3 is 5.32 Å². The van der Waals surface area contributed by atoms with Gasteiger partial charge in [0.15, 0.2) is 0 Å². The first kappa shape index (κ1) is 15.4. The van der Waals surface area contributed by atoms with Crippen LogP contribution in [0.25, 0.3) is 0 Å². The van der Waals surface area contributed by atoms with Crippen LogP contribution in [0.2, 0.25) is 0 Å². The Labute approximate surface area is 110 Å². The lowest BCUT2D eigenvalue weighted by Gasteiger charge is -2.33. The van der Waals surface area contributed by atoms with Gasteiger partial charge in [0.05, 0.1) is 6.26 Å². The maximum Gasteiger partial charge on any atom is 0.223 e. The molecular weight excluding hydrogens is 252 g/mol. The van der Waals surface area contributed by atoms with E-state index in [1.807, 2.05) is 20.8 Å². The van der Waals surface area contributed by atoms with Crippen LogP contribution in [-0.2, 0) is 14.8 Å². The van der Waals surface area contributed by atoms with E-state index in [1.54, 1.807) is 0 Å². The number of nitrogens with one attached hydrogen (secondary N) is 1. The van der Waals surface area contributed by atoms with Gasteiger partial charge in [-0.15, -0.1) is 0 Å². The molecule has 1 aliphatic carbocycles. The third-order valence-corrected chi connectivity index (χ3v) is 4.77. The van der Waals surface area contributed by atoms with E-state index in [4.69, 9.17) is 0 Å². The first-order chi connectivity index (χ1) is 8.12. The molecule has 1 N–H and O–H groups in total. The highest BCUT2D eigenvalue weighted by molar-refractivity contribution is 7.88. The summed E-state index contributed by atoms with van der Waals surface area (Å²) < 4.78 is 24.8. The highest BCUT2D eigenvalue weighted by atomic mass is 32.2. The van der Waals surface area contributed by atoms with Gasteiger partial charge in [-0.3, -0.25) is 4.79 Å². The van der Waals surface area contributed by atoms with Crippen LogP contribution < -0.4 is 5.32 Å². The van der Waals surface area contributed by atoms with Crippen molar-refractivity contribution in [3.8, 4) is 0 Å². The Balaban J connectivity index is 2.45. The highest BCUT2D eigenvalue weighted by Crippen LogP contribution is 2.26. The second kappa shape index (κ2) is 5.57. The zero-order valence-electron chi connectivity index (χ0n) is 11.7. The number of hydrogen-bond acceptors (Lipinski definition) is 3. The minimum atomic E-state index is -3.25. The minimum absolute atomic E-state index is 0.0589. The third-order valence-electron chi connectivity index (χ3n) is 3.24. The Morgan fingerprint density at radius 1 is 1.33 bits per heavy atom. The number of sulfonamides is 1. The molecule has 1 amide bonds. The van der Waals surface area contributed by atoms with E-state index >= 15 is 0 Å². The fourth-order valence-electron chi connectivity index (χ4n) is 2.09. The molecule has 18 heavy (non-hydrogen) atoms. The molecule has 0 atom stereocenters. The molecule has 0 unspecified atom stereocenters. The number of rotatable bonds is 5. The second-order valence-corrected chi connectivity index (χ2v) is 7.83. The molecule has 1 aliphatic rings. The fourth-order valence-corrected chi connectivity index (χ4v) is 3.51. The summed E-state index contributed by atoms with van der Waals surface area (Å²) in [6.07, 6.45) is 4.24. The van der Waals surface area contributed by atoms with Crippen molar-refractivity contribution in [2.45, 2.75) is 45.6 Å². The van der Waals surface area contributed by atoms with E-state index in [0.29, 0.717) is 13.1 Å². The normalized spacial score (nSPS) is 17.6. The standard InChI is InChI=1S/C12H24N2O3S/c1-12(2,3)14(18(4,16)17)9-8-13-11(15)10-6-5-7-10/h10H,5-9H2,1-4H3,(H,13,15). The van der Waals surface area contributed by atoms with Gasteiger partial charge in [0.1, 0.15) is 0 Å². The summed E-state index contributed by atoms with van der Waals surface area (Å²) in [5.41, 5.74) is -0.464. The van der Waals surface area contributed by atoms with Crippen molar-refractivity contribution >= 4 is 15.9 Å². The van der Waals surface area contributed by atoms with E-state index in [1.165, 1.54) is 10.6 Å². The van der Waals surface area contributed by atoms with Crippen LogP contribution in [0.4, 0.5) is 0 Å². The molecule has 0 bridgehead atoms. The van der Waals surface area contributed by atoms with Crippen molar-refractivity contribution in [2.75, 3.05) is 19.3 Å². The Bertz CT molecular complexity index is 394. The molecule has 0 aromatic rings. The summed E-state index contributed by atoms with van der Waals surface area (Å²) in [7, 11) is -3.25. The zero-order valence-corrected chi connectivity index (χ0v) is 12.5. The molecule has 0 aromatic carbocycles. The summed E-state index contributed by atoms with van der Waals surface area (Å²) in [6.45, 7) is 6.24. The van der Waals surface area contributed by atoms with Gasteiger partial charge in [0, 0.05) is 24.5 Å². The monoisotopic (exact) mass is 276 g/mol. The Kier molecular flexibility index (Phi) is 4.78. The topological polar surface area (TPSA) is 66.5 Å². The molecule has 5 nitrogen and oxygen atoms in total. The van der Waals surface area contributed by atoms with Crippen molar-refractivity contribution in [2.24, 2.45) is 5.92 Å². The molecular formula is C12H24N2O3S. The van der Waals surface area contributed by atoms with Crippen LogP contribution in [0, 0.1) is 5.92 Å². The van der Waals surface area contributed by atoms with Crippen LogP contribution >= 0.6 is 0 Å². The molecule has 1 rings (SSSR count). The van der Waals surface area contributed by atoms with E-state index in [9.17, 15) is 13.2 Å². The third kappa shape index (κ3) is 4.24. The Morgan fingerprint density at radius 3 is 2.22 bits per heavy atom. The number of hydrogen-bond donors (Lipinski definition) is 1. The largest absolute Gasteiger partial charge is 0.355 e. The van der Waals surface area contributed by atoms with Crippen LogP contribution in [0.3, 0.4) is 0 Å². The maximum atomic E-state index is 11.7. The van der Waals surface area contributed by atoms with Gasteiger partial charge >= 0.3 is 0 Å². The molecule has 0 aliphatic heterocycles.